The van der Waals surface area contributed by atoms with E-state index in [4.69, 9.17) is 11.6 Å². The van der Waals surface area contributed by atoms with Crippen LogP contribution in [0.25, 0.3) is 0 Å². The van der Waals surface area contributed by atoms with Crippen molar-refractivity contribution in [3.05, 3.63) is 34.9 Å². The highest BCUT2D eigenvalue weighted by atomic mass is 35.5. The fourth-order valence-electron chi connectivity index (χ4n) is 6.53. The molecule has 2 saturated carbocycles. The number of amides is 1. The SMILES string of the molecule is CC(C)N(CCC(C#N)(CC(=O)N(C1CCCCC1)C1CCCCC1)c1ccccc1Cl)C(C)C. The molecule has 0 bridgehead atoms. The molecule has 0 heterocycles. The second kappa shape index (κ2) is 13.1. The van der Waals surface area contributed by atoms with E-state index in [2.05, 4.69) is 43.6 Å². The van der Waals surface area contributed by atoms with Gasteiger partial charge >= 0.3 is 0 Å². The molecule has 1 atom stereocenters. The van der Waals surface area contributed by atoms with Crippen molar-refractivity contribution in [1.29, 1.82) is 5.26 Å². The molecular formula is C30H46ClN3O. The Kier molecular flexibility index (Phi) is 10.5. The summed E-state index contributed by atoms with van der Waals surface area (Å²) in [6, 6.07) is 11.7. The third kappa shape index (κ3) is 7.01. The Hall–Kier alpha value is -1.57. The summed E-state index contributed by atoms with van der Waals surface area (Å²) in [5.74, 6) is 0.158. The van der Waals surface area contributed by atoms with Gasteiger partial charge in [-0.2, -0.15) is 5.26 Å². The van der Waals surface area contributed by atoms with Crippen molar-refractivity contribution in [3.63, 3.8) is 0 Å². The smallest absolute Gasteiger partial charge is 0.225 e. The highest BCUT2D eigenvalue weighted by Crippen LogP contribution is 2.39. The molecule has 1 amide bonds. The molecule has 1 aromatic carbocycles. The van der Waals surface area contributed by atoms with Crippen LogP contribution in [0.3, 0.4) is 0 Å². The van der Waals surface area contributed by atoms with Gasteiger partial charge < -0.3 is 4.90 Å². The Morgan fingerprint density at radius 3 is 1.94 bits per heavy atom. The van der Waals surface area contributed by atoms with Crippen molar-refractivity contribution in [2.45, 2.75) is 134 Å². The number of hydrogen-bond acceptors (Lipinski definition) is 3. The molecule has 0 saturated heterocycles. The van der Waals surface area contributed by atoms with E-state index in [1.165, 1.54) is 38.5 Å². The van der Waals surface area contributed by atoms with Crippen molar-refractivity contribution in [2.75, 3.05) is 6.54 Å². The minimum Gasteiger partial charge on any atom is -0.337 e. The second-order valence-corrected chi connectivity index (χ2v) is 11.8. The molecule has 3 rings (SSSR count). The van der Waals surface area contributed by atoms with Crippen LogP contribution in [0, 0.1) is 11.3 Å². The maximum atomic E-state index is 14.2. The van der Waals surface area contributed by atoms with Crippen LogP contribution >= 0.6 is 11.6 Å². The Bertz CT molecular complexity index is 825. The molecule has 0 aromatic heterocycles. The minimum atomic E-state index is -0.932. The maximum Gasteiger partial charge on any atom is 0.225 e. The summed E-state index contributed by atoms with van der Waals surface area (Å²) >= 11 is 6.70. The van der Waals surface area contributed by atoms with E-state index in [1.807, 2.05) is 24.3 Å². The van der Waals surface area contributed by atoms with Gasteiger partial charge in [-0.25, -0.2) is 0 Å². The van der Waals surface area contributed by atoms with Crippen molar-refractivity contribution in [1.82, 2.24) is 9.80 Å². The van der Waals surface area contributed by atoms with Gasteiger partial charge in [0.2, 0.25) is 5.91 Å². The summed E-state index contributed by atoms with van der Waals surface area (Å²) < 4.78 is 0. The van der Waals surface area contributed by atoms with E-state index in [0.29, 0.717) is 35.6 Å². The zero-order chi connectivity index (χ0) is 25.4. The van der Waals surface area contributed by atoms with Crippen molar-refractivity contribution in [3.8, 4) is 6.07 Å². The number of hydrogen-bond donors (Lipinski definition) is 0. The van der Waals surface area contributed by atoms with Crippen LogP contribution in [0.5, 0.6) is 0 Å². The van der Waals surface area contributed by atoms with Crippen LogP contribution in [0.1, 0.15) is 110 Å². The second-order valence-electron chi connectivity index (χ2n) is 11.4. The monoisotopic (exact) mass is 499 g/mol. The van der Waals surface area contributed by atoms with Crippen molar-refractivity contribution in [2.24, 2.45) is 0 Å². The number of benzene rings is 1. The number of halogens is 1. The zero-order valence-corrected chi connectivity index (χ0v) is 23.2. The molecule has 35 heavy (non-hydrogen) atoms. The van der Waals surface area contributed by atoms with E-state index < -0.39 is 5.41 Å². The molecule has 194 valence electrons. The van der Waals surface area contributed by atoms with Gasteiger partial charge in [0.1, 0.15) is 0 Å². The highest BCUT2D eigenvalue weighted by Gasteiger charge is 2.41. The lowest BCUT2D eigenvalue weighted by molar-refractivity contribution is -0.139. The summed E-state index contributed by atoms with van der Waals surface area (Å²) in [6.07, 6.45) is 12.5. The Labute approximate surface area is 219 Å². The molecule has 0 aliphatic heterocycles. The summed E-state index contributed by atoms with van der Waals surface area (Å²) in [4.78, 5) is 18.9. The standard InChI is InChI=1S/C30H46ClN3O/c1-23(2)33(24(3)4)20-19-30(22-32,27-17-11-12-18-28(27)31)21-29(35)34(25-13-7-5-8-14-25)26-15-9-6-10-16-26/h11-12,17-18,23-26H,5-10,13-16,19-21H2,1-4H3. The third-order valence-corrected chi connectivity index (χ3v) is 8.73. The first kappa shape index (κ1) is 28.0. The quantitative estimate of drug-likeness (QED) is 0.335. The summed E-state index contributed by atoms with van der Waals surface area (Å²) in [7, 11) is 0. The van der Waals surface area contributed by atoms with E-state index in [0.717, 1.165) is 37.8 Å². The first-order valence-corrected chi connectivity index (χ1v) is 14.4. The number of nitriles is 1. The lowest BCUT2D eigenvalue weighted by Crippen LogP contribution is -2.51. The number of carbonyl (C=O) groups excluding carboxylic acids is 1. The number of nitrogens with zero attached hydrogens (tertiary/aromatic N) is 3. The molecular weight excluding hydrogens is 454 g/mol. The fourth-order valence-corrected chi connectivity index (χ4v) is 6.85. The van der Waals surface area contributed by atoms with Gasteiger partial charge in [0.25, 0.3) is 0 Å². The molecule has 5 heteroatoms. The Balaban J connectivity index is 1.94. The van der Waals surface area contributed by atoms with Gasteiger partial charge in [-0.15, -0.1) is 0 Å². The van der Waals surface area contributed by atoms with Gasteiger partial charge in [-0.3, -0.25) is 9.69 Å². The molecule has 0 N–H and O–H groups in total. The largest absolute Gasteiger partial charge is 0.337 e. The first-order chi connectivity index (χ1) is 16.8. The lowest BCUT2D eigenvalue weighted by atomic mass is 9.74. The molecule has 1 unspecified atom stereocenters. The van der Waals surface area contributed by atoms with Gasteiger partial charge in [-0.1, -0.05) is 68.3 Å². The normalized spacial score (nSPS) is 19.6. The molecule has 4 nitrogen and oxygen atoms in total. The molecule has 1 aromatic rings. The molecule has 0 radical (unpaired) electrons. The van der Waals surface area contributed by atoms with E-state index in [-0.39, 0.29) is 12.3 Å². The van der Waals surface area contributed by atoms with E-state index in [1.54, 1.807) is 0 Å². The van der Waals surface area contributed by atoms with Crippen LogP contribution in [-0.4, -0.2) is 46.4 Å². The molecule has 2 aliphatic rings. The van der Waals surface area contributed by atoms with Gasteiger partial charge in [0, 0.05) is 42.2 Å². The summed E-state index contributed by atoms with van der Waals surface area (Å²) in [5, 5.41) is 11.3. The fraction of sp³-hybridized carbons (Fsp3) is 0.733. The van der Waals surface area contributed by atoms with Crippen LogP contribution in [0.4, 0.5) is 0 Å². The van der Waals surface area contributed by atoms with Crippen LogP contribution in [0.2, 0.25) is 5.02 Å². The van der Waals surface area contributed by atoms with E-state index >= 15 is 0 Å². The minimum absolute atomic E-state index is 0.158. The van der Waals surface area contributed by atoms with Gasteiger partial charge in [0.05, 0.1) is 11.5 Å². The van der Waals surface area contributed by atoms with Gasteiger partial charge in [-0.05, 0) is 71.4 Å². The predicted octanol–water partition coefficient (Wildman–Crippen LogP) is 7.49. The zero-order valence-electron chi connectivity index (χ0n) is 22.4. The Morgan fingerprint density at radius 1 is 0.971 bits per heavy atom. The summed E-state index contributed by atoms with van der Waals surface area (Å²) in [5.41, 5.74) is -0.129. The van der Waals surface area contributed by atoms with Crippen molar-refractivity contribution < 1.29 is 4.79 Å². The van der Waals surface area contributed by atoms with Crippen LogP contribution < -0.4 is 0 Å². The first-order valence-electron chi connectivity index (χ1n) is 14.0. The topological polar surface area (TPSA) is 47.3 Å². The Morgan fingerprint density at radius 2 is 1.49 bits per heavy atom. The maximum absolute atomic E-state index is 14.2. The van der Waals surface area contributed by atoms with Gasteiger partial charge in [0.15, 0.2) is 0 Å². The highest BCUT2D eigenvalue weighted by molar-refractivity contribution is 6.31. The predicted molar refractivity (Wildman–Crippen MR) is 146 cm³/mol. The van der Waals surface area contributed by atoms with Crippen LogP contribution in [-0.2, 0) is 10.2 Å². The lowest BCUT2D eigenvalue weighted by Gasteiger charge is -2.43. The van der Waals surface area contributed by atoms with E-state index in [9.17, 15) is 10.1 Å². The summed E-state index contributed by atoms with van der Waals surface area (Å²) in [6.45, 7) is 9.55. The number of carbonyl (C=O) groups is 1. The average Bonchev–Trinajstić information content (AvgIpc) is 2.85. The number of rotatable bonds is 10. The van der Waals surface area contributed by atoms with Crippen molar-refractivity contribution >= 4 is 17.5 Å². The average molecular weight is 500 g/mol. The molecule has 2 fully saturated rings. The van der Waals surface area contributed by atoms with Crippen LogP contribution in [0.15, 0.2) is 24.3 Å². The molecule has 2 aliphatic carbocycles. The third-order valence-electron chi connectivity index (χ3n) is 8.40. The molecule has 0 spiro atoms.